The molecule has 0 unspecified atom stereocenters. The van der Waals surface area contributed by atoms with E-state index in [0.29, 0.717) is 5.69 Å². The minimum atomic E-state index is -3.43. The molecule has 3 aromatic heterocycles. The summed E-state index contributed by atoms with van der Waals surface area (Å²) in [6.07, 6.45) is 6.50. The zero-order chi connectivity index (χ0) is 23.2. The zero-order valence-electron chi connectivity index (χ0n) is 18.3. The van der Waals surface area contributed by atoms with Gasteiger partial charge in [0.1, 0.15) is 0 Å². The van der Waals surface area contributed by atoms with Gasteiger partial charge < -0.3 is 10.2 Å². The third-order valence-corrected chi connectivity index (χ3v) is 6.87. The first-order chi connectivity index (χ1) is 15.8. The molecular weight excluding hydrogens is 438 g/mol. The second-order valence-corrected chi connectivity index (χ2v) is 10.1. The number of anilines is 1. The van der Waals surface area contributed by atoms with Gasteiger partial charge in [-0.1, -0.05) is 6.07 Å². The number of pyridine rings is 2. The lowest BCUT2D eigenvalue weighted by atomic mass is 10.0. The van der Waals surface area contributed by atoms with Crippen LogP contribution in [0, 0.1) is 0 Å². The third-order valence-electron chi connectivity index (χ3n) is 5.88. The van der Waals surface area contributed by atoms with Gasteiger partial charge in [-0.3, -0.25) is 13.8 Å². The number of hydrogen-bond donors (Lipinski definition) is 1. The van der Waals surface area contributed by atoms with E-state index in [1.54, 1.807) is 6.20 Å². The number of aromatic nitrogens is 3. The average molecular weight is 462 g/mol. The van der Waals surface area contributed by atoms with Crippen molar-refractivity contribution in [3.63, 3.8) is 0 Å². The molecule has 9 heteroatoms. The van der Waals surface area contributed by atoms with Gasteiger partial charge in [0.05, 0.1) is 35.3 Å². The molecule has 1 amide bonds. The van der Waals surface area contributed by atoms with Crippen LogP contribution in [0.15, 0.2) is 61.1 Å². The van der Waals surface area contributed by atoms with E-state index in [1.165, 1.54) is 29.7 Å². The molecule has 5 rings (SSSR count). The fourth-order valence-corrected chi connectivity index (χ4v) is 4.62. The van der Waals surface area contributed by atoms with E-state index in [4.69, 9.17) is 4.98 Å². The van der Waals surface area contributed by atoms with Gasteiger partial charge in [0.2, 0.25) is 10.0 Å². The molecule has 0 saturated heterocycles. The molecule has 1 aliphatic rings. The molecule has 0 spiro atoms. The van der Waals surface area contributed by atoms with Crippen molar-refractivity contribution in [2.24, 2.45) is 0 Å². The zero-order valence-corrected chi connectivity index (χ0v) is 19.1. The quantitative estimate of drug-likeness (QED) is 0.491. The predicted molar refractivity (Wildman–Crippen MR) is 128 cm³/mol. The van der Waals surface area contributed by atoms with Crippen LogP contribution < -0.4 is 10.2 Å². The number of amides is 1. The Labute approximate surface area is 192 Å². The Hall–Kier alpha value is -3.72. The topological polar surface area (TPSA) is 97.2 Å². The molecule has 0 atom stereocenters. The number of carbonyl (C=O) groups is 1. The average Bonchev–Trinajstić information content (AvgIpc) is 3.44. The lowest BCUT2D eigenvalue weighted by molar-refractivity contribution is 0.0950. The van der Waals surface area contributed by atoms with Gasteiger partial charge in [-0.2, -0.15) is 0 Å². The van der Waals surface area contributed by atoms with Crippen LogP contribution in [0.5, 0.6) is 0 Å². The van der Waals surface area contributed by atoms with Crippen molar-refractivity contribution in [3.8, 4) is 11.3 Å². The van der Waals surface area contributed by atoms with Gasteiger partial charge in [-0.15, -0.1) is 0 Å². The van der Waals surface area contributed by atoms with Crippen molar-refractivity contribution in [1.82, 2.24) is 19.3 Å². The molecule has 168 valence electrons. The van der Waals surface area contributed by atoms with Crippen LogP contribution in [0.4, 0.5) is 5.69 Å². The van der Waals surface area contributed by atoms with E-state index in [0.717, 1.165) is 45.4 Å². The van der Waals surface area contributed by atoms with Gasteiger partial charge in [-0.25, -0.2) is 13.4 Å². The number of carbonyl (C=O) groups excluding carboxylic acids is 1. The maximum atomic E-state index is 12.4. The Morgan fingerprint density at radius 3 is 2.79 bits per heavy atom. The Bertz CT molecular complexity index is 1490. The summed E-state index contributed by atoms with van der Waals surface area (Å²) in [6.45, 7) is 1.24. The SMILES string of the molecule is CN1CCc2cc(-c3ccc4cnc(CNC(=O)c5ccn(S(C)(=O)=O)c5)cc4n3)ccc21. The van der Waals surface area contributed by atoms with Gasteiger partial charge in [0.15, 0.2) is 0 Å². The smallest absolute Gasteiger partial charge is 0.253 e. The first kappa shape index (κ1) is 21.1. The Morgan fingerprint density at radius 2 is 2.00 bits per heavy atom. The second kappa shape index (κ2) is 8.00. The lowest BCUT2D eigenvalue weighted by Gasteiger charge is -2.12. The van der Waals surface area contributed by atoms with E-state index in [-0.39, 0.29) is 18.0 Å². The number of likely N-dealkylation sites (N-methyl/N-ethyl adjacent to an activating group) is 1. The van der Waals surface area contributed by atoms with Gasteiger partial charge in [-0.05, 0) is 48.4 Å². The molecule has 8 nitrogen and oxygen atoms in total. The highest BCUT2D eigenvalue weighted by atomic mass is 32.2. The molecule has 0 bridgehead atoms. The molecule has 0 aliphatic carbocycles. The molecular formula is C24H23N5O3S. The molecule has 1 aromatic carbocycles. The lowest BCUT2D eigenvalue weighted by Crippen LogP contribution is -2.23. The van der Waals surface area contributed by atoms with Crippen molar-refractivity contribution in [1.29, 1.82) is 0 Å². The van der Waals surface area contributed by atoms with Crippen LogP contribution >= 0.6 is 0 Å². The van der Waals surface area contributed by atoms with Crippen LogP contribution in [0.2, 0.25) is 0 Å². The minimum Gasteiger partial charge on any atom is -0.374 e. The molecule has 33 heavy (non-hydrogen) atoms. The minimum absolute atomic E-state index is 0.204. The van der Waals surface area contributed by atoms with Crippen molar-refractivity contribution in [3.05, 3.63) is 77.9 Å². The number of benzene rings is 1. The first-order valence-corrected chi connectivity index (χ1v) is 12.4. The van der Waals surface area contributed by atoms with Crippen molar-refractivity contribution in [2.75, 3.05) is 24.7 Å². The van der Waals surface area contributed by atoms with Gasteiger partial charge in [0.25, 0.3) is 5.91 Å². The molecule has 0 saturated carbocycles. The highest BCUT2D eigenvalue weighted by molar-refractivity contribution is 7.89. The monoisotopic (exact) mass is 461 g/mol. The van der Waals surface area contributed by atoms with Crippen LogP contribution in [0.1, 0.15) is 21.6 Å². The molecule has 4 aromatic rings. The van der Waals surface area contributed by atoms with E-state index in [9.17, 15) is 13.2 Å². The number of nitrogens with one attached hydrogen (secondary N) is 1. The number of nitrogens with zero attached hydrogens (tertiary/aromatic N) is 4. The van der Waals surface area contributed by atoms with Crippen molar-refractivity contribution in [2.45, 2.75) is 13.0 Å². The van der Waals surface area contributed by atoms with Crippen LogP contribution in [0.25, 0.3) is 22.2 Å². The van der Waals surface area contributed by atoms with E-state index in [1.807, 2.05) is 18.2 Å². The molecule has 0 fully saturated rings. The summed E-state index contributed by atoms with van der Waals surface area (Å²) in [6, 6.07) is 13.8. The summed E-state index contributed by atoms with van der Waals surface area (Å²) >= 11 is 0. The molecule has 1 N–H and O–H groups in total. The summed E-state index contributed by atoms with van der Waals surface area (Å²) in [7, 11) is -1.32. The Kier molecular flexibility index (Phi) is 5.13. The maximum absolute atomic E-state index is 12.4. The first-order valence-electron chi connectivity index (χ1n) is 10.5. The summed E-state index contributed by atoms with van der Waals surface area (Å²) in [5.41, 5.74) is 6.31. The number of hydrogen-bond acceptors (Lipinski definition) is 6. The molecule has 1 aliphatic heterocycles. The summed E-state index contributed by atoms with van der Waals surface area (Å²) in [5, 5.41) is 3.70. The van der Waals surface area contributed by atoms with E-state index < -0.39 is 10.0 Å². The van der Waals surface area contributed by atoms with E-state index >= 15 is 0 Å². The van der Waals surface area contributed by atoms with Crippen molar-refractivity contribution >= 4 is 32.5 Å². The van der Waals surface area contributed by atoms with E-state index in [2.05, 4.69) is 40.4 Å². The molecule has 4 heterocycles. The largest absolute Gasteiger partial charge is 0.374 e. The fraction of sp³-hybridized carbons (Fsp3) is 0.208. The highest BCUT2D eigenvalue weighted by Crippen LogP contribution is 2.31. The van der Waals surface area contributed by atoms with Gasteiger partial charge in [0, 0.05) is 48.8 Å². The van der Waals surface area contributed by atoms with Crippen LogP contribution in [0.3, 0.4) is 0 Å². The van der Waals surface area contributed by atoms with Crippen LogP contribution in [-0.2, 0) is 23.0 Å². The fourth-order valence-electron chi connectivity index (χ4n) is 4.03. The summed E-state index contributed by atoms with van der Waals surface area (Å²) in [4.78, 5) is 23.9. The number of fused-ring (bicyclic) bond motifs is 2. The Balaban J connectivity index is 1.35. The van der Waals surface area contributed by atoms with Crippen molar-refractivity contribution < 1.29 is 13.2 Å². The standard InChI is InChI=1S/C24H23N5O3S/c1-28-9-7-17-11-16(4-6-23(17)28)21-5-3-18-13-25-20(12-22(18)27-21)14-26-24(30)19-8-10-29(15-19)33(2,31)32/h3-6,8,10-13,15H,7,9,14H2,1-2H3,(H,26,30). The Morgan fingerprint density at radius 1 is 1.15 bits per heavy atom. The normalized spacial score (nSPS) is 13.3. The third kappa shape index (κ3) is 4.19. The van der Waals surface area contributed by atoms with Gasteiger partial charge >= 0.3 is 0 Å². The summed E-state index contributed by atoms with van der Waals surface area (Å²) < 4.78 is 24.2. The van der Waals surface area contributed by atoms with Crippen LogP contribution in [-0.4, -0.2) is 48.1 Å². The number of rotatable bonds is 5. The maximum Gasteiger partial charge on any atom is 0.253 e. The molecule has 0 radical (unpaired) electrons. The summed E-state index contributed by atoms with van der Waals surface area (Å²) in [5.74, 6) is -0.371. The predicted octanol–water partition coefficient (Wildman–Crippen LogP) is 2.83. The second-order valence-electron chi connectivity index (χ2n) is 8.26. The highest BCUT2D eigenvalue weighted by Gasteiger charge is 2.16.